The first-order valence-electron chi connectivity index (χ1n) is 8.94. The van der Waals surface area contributed by atoms with E-state index in [-0.39, 0.29) is 11.8 Å². The van der Waals surface area contributed by atoms with Crippen LogP contribution in [0, 0.1) is 0 Å². The number of nitrogens with one attached hydrogen (secondary N) is 1. The molecule has 0 saturated heterocycles. The average Bonchev–Trinajstić information content (AvgIpc) is 2.67. The molecule has 0 aromatic heterocycles. The van der Waals surface area contributed by atoms with E-state index < -0.39 is 0 Å². The molecule has 5 heteroatoms. The summed E-state index contributed by atoms with van der Waals surface area (Å²) >= 11 is 0. The number of hydrogen-bond donors (Lipinski definition) is 1. The summed E-state index contributed by atoms with van der Waals surface area (Å²) in [6, 6.07) is 14.0. The van der Waals surface area contributed by atoms with Crippen LogP contribution in [0.1, 0.15) is 47.4 Å². The maximum Gasteiger partial charge on any atom is 0.255 e. The largest absolute Gasteiger partial charge is 0.495 e. The van der Waals surface area contributed by atoms with E-state index in [1.54, 1.807) is 43.5 Å². The van der Waals surface area contributed by atoms with E-state index in [0.29, 0.717) is 22.6 Å². The van der Waals surface area contributed by atoms with Crippen LogP contribution < -0.4 is 10.1 Å². The third-order valence-electron chi connectivity index (χ3n) is 4.02. The van der Waals surface area contributed by atoms with Gasteiger partial charge in [0.1, 0.15) is 5.75 Å². The second kappa shape index (κ2) is 9.61. The molecule has 0 spiro atoms. The Morgan fingerprint density at radius 2 is 1.50 bits per heavy atom. The average molecular weight is 354 g/mol. The molecule has 0 heterocycles. The molecule has 0 unspecified atom stereocenters. The summed E-state index contributed by atoms with van der Waals surface area (Å²) in [6.45, 7) is 5.59. The van der Waals surface area contributed by atoms with Crippen molar-refractivity contribution in [3.05, 3.63) is 59.7 Å². The number of amides is 2. The summed E-state index contributed by atoms with van der Waals surface area (Å²) in [5.41, 5.74) is 1.70. The molecule has 0 aliphatic heterocycles. The first-order chi connectivity index (χ1) is 12.6. The number of benzene rings is 2. The Morgan fingerprint density at radius 1 is 0.923 bits per heavy atom. The van der Waals surface area contributed by atoms with Gasteiger partial charge in [0.25, 0.3) is 11.8 Å². The molecule has 0 aliphatic carbocycles. The highest BCUT2D eigenvalue weighted by molar-refractivity contribution is 6.05. The van der Waals surface area contributed by atoms with Crippen molar-refractivity contribution in [2.45, 2.75) is 26.7 Å². The Morgan fingerprint density at radius 3 is 2.08 bits per heavy atom. The Kier molecular flexibility index (Phi) is 7.21. The van der Waals surface area contributed by atoms with E-state index in [1.165, 1.54) is 0 Å². The van der Waals surface area contributed by atoms with Crippen molar-refractivity contribution in [2.24, 2.45) is 0 Å². The number of carbonyl (C=O) groups is 2. The fourth-order valence-electron chi connectivity index (χ4n) is 2.74. The predicted octanol–water partition coefficient (Wildman–Crippen LogP) is 4.21. The highest BCUT2D eigenvalue weighted by atomic mass is 16.5. The zero-order valence-corrected chi connectivity index (χ0v) is 15.6. The summed E-state index contributed by atoms with van der Waals surface area (Å²) < 4.78 is 5.24. The zero-order chi connectivity index (χ0) is 18.9. The Labute approximate surface area is 155 Å². The van der Waals surface area contributed by atoms with Crippen molar-refractivity contribution >= 4 is 17.5 Å². The molecule has 0 aliphatic rings. The van der Waals surface area contributed by atoms with Crippen LogP contribution in [0.2, 0.25) is 0 Å². The molecular formula is C21H26N2O3. The molecule has 138 valence electrons. The molecule has 0 radical (unpaired) electrons. The highest BCUT2D eigenvalue weighted by Gasteiger charge is 2.15. The monoisotopic (exact) mass is 354 g/mol. The minimum atomic E-state index is -0.243. The molecule has 26 heavy (non-hydrogen) atoms. The second-order valence-corrected chi connectivity index (χ2v) is 6.02. The SMILES string of the molecule is CCCN(CCC)C(=O)c1ccc(C(=O)Nc2ccccc2OC)cc1. The van der Waals surface area contributed by atoms with Gasteiger partial charge in [-0.2, -0.15) is 0 Å². The van der Waals surface area contributed by atoms with E-state index in [1.807, 2.05) is 17.0 Å². The molecule has 5 nitrogen and oxygen atoms in total. The van der Waals surface area contributed by atoms with E-state index in [0.717, 1.165) is 25.9 Å². The van der Waals surface area contributed by atoms with Gasteiger partial charge in [-0.15, -0.1) is 0 Å². The normalized spacial score (nSPS) is 10.3. The van der Waals surface area contributed by atoms with Gasteiger partial charge in [-0.25, -0.2) is 0 Å². The lowest BCUT2D eigenvalue weighted by Crippen LogP contribution is -2.32. The molecule has 0 bridgehead atoms. The number of para-hydroxylation sites is 2. The van der Waals surface area contributed by atoms with Gasteiger partial charge in [0.2, 0.25) is 0 Å². The van der Waals surface area contributed by atoms with Gasteiger partial charge in [-0.1, -0.05) is 26.0 Å². The van der Waals surface area contributed by atoms with Crippen LogP contribution >= 0.6 is 0 Å². The van der Waals surface area contributed by atoms with Crippen molar-refractivity contribution < 1.29 is 14.3 Å². The summed E-state index contributed by atoms with van der Waals surface area (Å²) in [5, 5.41) is 2.83. The van der Waals surface area contributed by atoms with Crippen LogP contribution in [0.4, 0.5) is 5.69 Å². The Balaban J connectivity index is 2.10. The lowest BCUT2D eigenvalue weighted by atomic mass is 10.1. The number of anilines is 1. The highest BCUT2D eigenvalue weighted by Crippen LogP contribution is 2.23. The number of methoxy groups -OCH3 is 1. The van der Waals surface area contributed by atoms with E-state index in [2.05, 4.69) is 19.2 Å². The maximum atomic E-state index is 12.6. The number of ether oxygens (including phenoxy) is 1. The Bertz CT molecular complexity index is 735. The van der Waals surface area contributed by atoms with Crippen molar-refractivity contribution in [2.75, 3.05) is 25.5 Å². The zero-order valence-electron chi connectivity index (χ0n) is 15.6. The smallest absolute Gasteiger partial charge is 0.255 e. The van der Waals surface area contributed by atoms with Crippen LogP contribution in [-0.2, 0) is 0 Å². The van der Waals surface area contributed by atoms with Gasteiger partial charge < -0.3 is 15.0 Å². The second-order valence-electron chi connectivity index (χ2n) is 6.02. The summed E-state index contributed by atoms with van der Waals surface area (Å²) in [6.07, 6.45) is 1.84. The molecule has 2 amide bonds. The van der Waals surface area contributed by atoms with Crippen LogP contribution in [-0.4, -0.2) is 36.9 Å². The third-order valence-corrected chi connectivity index (χ3v) is 4.02. The standard InChI is InChI=1S/C21H26N2O3/c1-4-14-23(15-5-2)21(25)17-12-10-16(11-13-17)20(24)22-18-8-6-7-9-19(18)26-3/h6-13H,4-5,14-15H2,1-3H3,(H,22,24). The molecule has 0 fully saturated rings. The quantitative estimate of drug-likeness (QED) is 0.772. The van der Waals surface area contributed by atoms with Gasteiger partial charge in [-0.05, 0) is 49.2 Å². The van der Waals surface area contributed by atoms with Gasteiger partial charge in [0.05, 0.1) is 12.8 Å². The van der Waals surface area contributed by atoms with E-state index in [4.69, 9.17) is 4.74 Å². The Hall–Kier alpha value is -2.82. The first kappa shape index (κ1) is 19.5. The van der Waals surface area contributed by atoms with Crippen molar-refractivity contribution in [3.8, 4) is 5.75 Å². The molecule has 2 aromatic carbocycles. The first-order valence-corrected chi connectivity index (χ1v) is 8.94. The summed E-state index contributed by atoms with van der Waals surface area (Å²) in [5.74, 6) is 0.361. The molecule has 2 rings (SSSR count). The molecular weight excluding hydrogens is 328 g/mol. The van der Waals surface area contributed by atoms with Gasteiger partial charge in [0.15, 0.2) is 0 Å². The lowest BCUT2D eigenvalue weighted by Gasteiger charge is -2.21. The maximum absolute atomic E-state index is 12.6. The van der Waals surface area contributed by atoms with Crippen LogP contribution in [0.3, 0.4) is 0 Å². The minimum Gasteiger partial charge on any atom is -0.495 e. The van der Waals surface area contributed by atoms with Gasteiger partial charge in [0, 0.05) is 24.2 Å². The van der Waals surface area contributed by atoms with Crippen molar-refractivity contribution in [3.63, 3.8) is 0 Å². The van der Waals surface area contributed by atoms with Gasteiger partial charge in [-0.3, -0.25) is 9.59 Å². The summed E-state index contributed by atoms with van der Waals surface area (Å²) in [4.78, 5) is 26.9. The van der Waals surface area contributed by atoms with E-state index >= 15 is 0 Å². The molecule has 0 saturated carbocycles. The van der Waals surface area contributed by atoms with Crippen molar-refractivity contribution in [1.82, 2.24) is 4.90 Å². The van der Waals surface area contributed by atoms with Crippen molar-refractivity contribution in [1.29, 1.82) is 0 Å². The topological polar surface area (TPSA) is 58.6 Å². The molecule has 1 N–H and O–H groups in total. The van der Waals surface area contributed by atoms with Crippen LogP contribution in [0.25, 0.3) is 0 Å². The third kappa shape index (κ3) is 4.85. The predicted molar refractivity (Wildman–Crippen MR) is 104 cm³/mol. The van der Waals surface area contributed by atoms with Gasteiger partial charge >= 0.3 is 0 Å². The van der Waals surface area contributed by atoms with E-state index in [9.17, 15) is 9.59 Å². The number of rotatable bonds is 8. The minimum absolute atomic E-state index is 0.00499. The number of nitrogens with zero attached hydrogens (tertiary/aromatic N) is 1. The fourth-order valence-corrected chi connectivity index (χ4v) is 2.74. The number of hydrogen-bond acceptors (Lipinski definition) is 3. The molecule has 0 atom stereocenters. The van der Waals surface area contributed by atoms with Crippen LogP contribution in [0.15, 0.2) is 48.5 Å². The lowest BCUT2D eigenvalue weighted by molar-refractivity contribution is 0.0755. The fraction of sp³-hybridized carbons (Fsp3) is 0.333. The van der Waals surface area contributed by atoms with Crippen LogP contribution in [0.5, 0.6) is 5.75 Å². The molecule has 2 aromatic rings. The summed E-state index contributed by atoms with van der Waals surface area (Å²) in [7, 11) is 1.56. The number of carbonyl (C=O) groups excluding carboxylic acids is 2.